The first-order chi connectivity index (χ1) is 12.0. The fourth-order valence-corrected chi connectivity index (χ4v) is 2.16. The van der Waals surface area contributed by atoms with E-state index < -0.39 is 30.1 Å². The van der Waals surface area contributed by atoms with Gasteiger partial charge >= 0.3 is 5.97 Å². The van der Waals surface area contributed by atoms with Crippen molar-refractivity contribution in [2.24, 2.45) is 0 Å². The molecule has 2 aromatic carbocycles. The van der Waals surface area contributed by atoms with Crippen LogP contribution < -0.4 is 5.32 Å². The van der Waals surface area contributed by atoms with Gasteiger partial charge in [-0.15, -0.1) is 0 Å². The summed E-state index contributed by atoms with van der Waals surface area (Å²) in [7, 11) is 0. The molecule has 5 nitrogen and oxygen atoms in total. The van der Waals surface area contributed by atoms with Crippen molar-refractivity contribution in [2.75, 3.05) is 11.9 Å². The zero-order valence-electron chi connectivity index (χ0n) is 12.8. The fraction of sp³-hybridized carbons (Fsp3) is 0.0556. The molecular formula is C18H12F2N2O3. The Morgan fingerprint density at radius 2 is 1.80 bits per heavy atom. The molecule has 0 saturated carbocycles. The topological polar surface area (TPSA) is 68.3 Å². The van der Waals surface area contributed by atoms with E-state index in [4.69, 9.17) is 4.74 Å². The second-order valence-electron chi connectivity index (χ2n) is 5.14. The maximum Gasteiger partial charge on any atom is 0.357 e. The van der Waals surface area contributed by atoms with Crippen LogP contribution in [0, 0.1) is 11.6 Å². The van der Waals surface area contributed by atoms with Crippen molar-refractivity contribution in [1.29, 1.82) is 0 Å². The van der Waals surface area contributed by atoms with E-state index in [1.165, 1.54) is 12.1 Å². The average molecular weight is 342 g/mol. The van der Waals surface area contributed by atoms with Gasteiger partial charge < -0.3 is 10.1 Å². The molecule has 3 rings (SSSR count). The SMILES string of the molecule is O=C(COC(=O)c1ccc2ccccc2n1)Nc1ccc(F)c(F)c1. The Kier molecular flexibility index (Phi) is 4.65. The predicted molar refractivity (Wildman–Crippen MR) is 87.0 cm³/mol. The number of fused-ring (bicyclic) bond motifs is 1. The minimum Gasteiger partial charge on any atom is -0.451 e. The van der Waals surface area contributed by atoms with E-state index >= 15 is 0 Å². The lowest BCUT2D eigenvalue weighted by molar-refractivity contribution is -0.119. The van der Waals surface area contributed by atoms with Gasteiger partial charge in [-0.1, -0.05) is 24.3 Å². The van der Waals surface area contributed by atoms with Crippen molar-refractivity contribution < 1.29 is 23.1 Å². The molecule has 0 radical (unpaired) electrons. The van der Waals surface area contributed by atoms with Gasteiger partial charge in [0.05, 0.1) is 5.52 Å². The lowest BCUT2D eigenvalue weighted by atomic mass is 10.2. The van der Waals surface area contributed by atoms with E-state index in [1.54, 1.807) is 18.2 Å². The van der Waals surface area contributed by atoms with Crippen LogP contribution in [-0.2, 0) is 9.53 Å². The Bertz CT molecular complexity index is 960. The molecule has 1 N–H and O–H groups in total. The number of nitrogens with zero attached hydrogens (tertiary/aromatic N) is 1. The van der Waals surface area contributed by atoms with Gasteiger partial charge in [-0.25, -0.2) is 18.6 Å². The van der Waals surface area contributed by atoms with Crippen LogP contribution in [0.4, 0.5) is 14.5 Å². The van der Waals surface area contributed by atoms with Gasteiger partial charge in [0.2, 0.25) is 0 Å². The first-order valence-corrected chi connectivity index (χ1v) is 7.31. The summed E-state index contributed by atoms with van der Waals surface area (Å²) in [6, 6.07) is 13.4. The van der Waals surface area contributed by atoms with E-state index in [9.17, 15) is 18.4 Å². The largest absolute Gasteiger partial charge is 0.451 e. The van der Waals surface area contributed by atoms with Gasteiger partial charge in [0, 0.05) is 17.1 Å². The third-order valence-electron chi connectivity index (χ3n) is 3.35. The first kappa shape index (κ1) is 16.5. The molecule has 0 spiro atoms. The quantitative estimate of drug-likeness (QED) is 0.739. The van der Waals surface area contributed by atoms with E-state index in [0.717, 1.165) is 17.5 Å². The number of ether oxygens (including phenoxy) is 1. The molecule has 0 bridgehead atoms. The molecule has 0 aliphatic carbocycles. The monoisotopic (exact) mass is 342 g/mol. The number of nitrogens with one attached hydrogen (secondary N) is 1. The number of rotatable bonds is 4. The van der Waals surface area contributed by atoms with E-state index in [-0.39, 0.29) is 11.4 Å². The molecule has 0 unspecified atom stereocenters. The van der Waals surface area contributed by atoms with Gasteiger partial charge in [-0.3, -0.25) is 4.79 Å². The Morgan fingerprint density at radius 1 is 1.00 bits per heavy atom. The van der Waals surface area contributed by atoms with Crippen molar-refractivity contribution in [3.63, 3.8) is 0 Å². The van der Waals surface area contributed by atoms with Crippen molar-refractivity contribution in [3.8, 4) is 0 Å². The lowest BCUT2D eigenvalue weighted by Crippen LogP contribution is -2.21. The number of pyridine rings is 1. The minimum atomic E-state index is -1.09. The van der Waals surface area contributed by atoms with Gasteiger partial charge in [-0.05, 0) is 24.3 Å². The number of para-hydroxylation sites is 1. The molecule has 1 aromatic heterocycles. The van der Waals surface area contributed by atoms with Gasteiger partial charge in [0.25, 0.3) is 5.91 Å². The summed E-state index contributed by atoms with van der Waals surface area (Å²) in [5.41, 5.74) is 0.756. The number of amides is 1. The highest BCUT2D eigenvalue weighted by atomic mass is 19.2. The number of anilines is 1. The molecule has 126 valence electrons. The number of esters is 1. The van der Waals surface area contributed by atoms with Crippen LogP contribution in [0.15, 0.2) is 54.6 Å². The molecule has 0 atom stereocenters. The van der Waals surface area contributed by atoms with Crippen LogP contribution >= 0.6 is 0 Å². The molecule has 3 aromatic rings. The molecule has 1 amide bonds. The van der Waals surface area contributed by atoms with Crippen LogP contribution in [-0.4, -0.2) is 23.5 Å². The summed E-state index contributed by atoms with van der Waals surface area (Å²) in [4.78, 5) is 27.9. The van der Waals surface area contributed by atoms with Gasteiger partial charge in [0.1, 0.15) is 5.69 Å². The van der Waals surface area contributed by atoms with Crippen LogP contribution in [0.25, 0.3) is 10.9 Å². The Balaban J connectivity index is 1.60. The fourth-order valence-electron chi connectivity index (χ4n) is 2.16. The van der Waals surface area contributed by atoms with Crippen molar-refractivity contribution in [2.45, 2.75) is 0 Å². The Morgan fingerprint density at radius 3 is 2.60 bits per heavy atom. The molecule has 25 heavy (non-hydrogen) atoms. The maximum atomic E-state index is 13.1. The molecule has 7 heteroatoms. The maximum absolute atomic E-state index is 13.1. The smallest absolute Gasteiger partial charge is 0.357 e. The van der Waals surface area contributed by atoms with Gasteiger partial charge in [-0.2, -0.15) is 0 Å². The third-order valence-corrected chi connectivity index (χ3v) is 3.35. The molecule has 1 heterocycles. The van der Waals surface area contributed by atoms with Crippen LogP contribution in [0.2, 0.25) is 0 Å². The number of benzene rings is 2. The zero-order valence-corrected chi connectivity index (χ0v) is 12.8. The standard InChI is InChI=1S/C18H12F2N2O3/c19-13-7-6-12(9-14(13)20)21-17(23)10-25-18(24)16-8-5-11-3-1-2-4-15(11)22-16/h1-9H,10H2,(H,21,23). The van der Waals surface area contributed by atoms with Gasteiger partial charge in [0.15, 0.2) is 18.2 Å². The summed E-state index contributed by atoms with van der Waals surface area (Å²) >= 11 is 0. The summed E-state index contributed by atoms with van der Waals surface area (Å²) < 4.78 is 30.8. The number of carbonyl (C=O) groups excluding carboxylic acids is 2. The summed E-state index contributed by atoms with van der Waals surface area (Å²) in [6.45, 7) is -0.577. The highest BCUT2D eigenvalue weighted by Gasteiger charge is 2.13. The number of aromatic nitrogens is 1. The number of carbonyl (C=O) groups is 2. The van der Waals surface area contributed by atoms with Crippen LogP contribution in [0.1, 0.15) is 10.5 Å². The summed E-state index contributed by atoms with van der Waals surface area (Å²) in [6.07, 6.45) is 0. The Labute approximate surface area is 141 Å². The average Bonchev–Trinajstić information content (AvgIpc) is 2.62. The zero-order chi connectivity index (χ0) is 17.8. The van der Waals surface area contributed by atoms with Crippen LogP contribution in [0.5, 0.6) is 0 Å². The number of halogens is 2. The van der Waals surface area contributed by atoms with E-state index in [2.05, 4.69) is 10.3 Å². The second kappa shape index (κ2) is 7.04. The normalized spacial score (nSPS) is 10.5. The predicted octanol–water partition coefficient (Wildman–Crippen LogP) is 3.31. The minimum absolute atomic E-state index is 0.0591. The van der Waals surface area contributed by atoms with Crippen LogP contribution in [0.3, 0.4) is 0 Å². The highest BCUT2D eigenvalue weighted by Crippen LogP contribution is 2.14. The molecule has 0 aliphatic rings. The van der Waals surface area contributed by atoms with Crippen molar-refractivity contribution in [3.05, 3.63) is 71.9 Å². The first-order valence-electron chi connectivity index (χ1n) is 7.31. The molecule has 0 fully saturated rings. The molecule has 0 aliphatic heterocycles. The molecule has 0 saturated heterocycles. The highest BCUT2D eigenvalue weighted by molar-refractivity contribution is 5.95. The Hall–Kier alpha value is -3.35. The molecular weight excluding hydrogens is 330 g/mol. The summed E-state index contributed by atoms with van der Waals surface area (Å²) in [5.74, 6) is -3.55. The van der Waals surface area contributed by atoms with Crippen molar-refractivity contribution >= 4 is 28.5 Å². The van der Waals surface area contributed by atoms with E-state index in [1.807, 2.05) is 12.1 Å². The number of hydrogen-bond acceptors (Lipinski definition) is 4. The van der Waals surface area contributed by atoms with E-state index in [0.29, 0.717) is 5.52 Å². The third kappa shape index (κ3) is 3.95. The number of hydrogen-bond donors (Lipinski definition) is 1. The van der Waals surface area contributed by atoms with Crippen molar-refractivity contribution in [1.82, 2.24) is 4.98 Å². The lowest BCUT2D eigenvalue weighted by Gasteiger charge is -2.07. The summed E-state index contributed by atoms with van der Waals surface area (Å²) in [5, 5.41) is 3.17. The second-order valence-corrected chi connectivity index (χ2v) is 5.14.